The first-order valence-corrected chi connectivity index (χ1v) is 14.5. The summed E-state index contributed by atoms with van der Waals surface area (Å²) in [5.41, 5.74) is 2.12. The van der Waals surface area contributed by atoms with Gasteiger partial charge in [-0.3, -0.25) is 9.59 Å². The summed E-state index contributed by atoms with van der Waals surface area (Å²) < 4.78 is 5.30. The smallest absolute Gasteiger partial charge is 0.222 e. The van der Waals surface area contributed by atoms with Crippen molar-refractivity contribution < 1.29 is 19.4 Å². The van der Waals surface area contributed by atoms with Gasteiger partial charge in [-0.2, -0.15) is 0 Å². The largest absolute Gasteiger partial charge is 0.497 e. The molecule has 0 bridgehead atoms. The number of carbonyl (C=O) groups is 2. The molecule has 0 aromatic heterocycles. The van der Waals surface area contributed by atoms with E-state index in [1.165, 1.54) is 0 Å². The monoisotopic (exact) mass is 547 g/mol. The first-order valence-electron chi connectivity index (χ1n) is 14.5. The van der Waals surface area contributed by atoms with Crippen LogP contribution in [-0.2, 0) is 22.6 Å². The maximum Gasteiger partial charge on any atom is 0.222 e. The Labute approximate surface area is 238 Å². The van der Waals surface area contributed by atoms with Gasteiger partial charge in [-0.25, -0.2) is 0 Å². The Morgan fingerprint density at radius 3 is 2.42 bits per heavy atom. The maximum absolute atomic E-state index is 13.0. The number of methoxy groups -OCH3 is 1. The molecule has 3 N–H and O–H groups in total. The summed E-state index contributed by atoms with van der Waals surface area (Å²) in [4.78, 5) is 27.5. The zero-order valence-corrected chi connectivity index (χ0v) is 24.2. The second-order valence-corrected chi connectivity index (χ2v) is 10.3. The molecule has 0 aliphatic carbocycles. The predicted octanol–water partition coefficient (Wildman–Crippen LogP) is 4.85. The van der Waals surface area contributed by atoms with Crippen LogP contribution >= 0.6 is 0 Å². The summed E-state index contributed by atoms with van der Waals surface area (Å²) in [5.74, 6) is 0.736. The Hall–Kier alpha value is -3.42. The van der Waals surface area contributed by atoms with Crippen molar-refractivity contribution in [1.29, 1.82) is 0 Å². The molecule has 0 aliphatic rings. The molecule has 7 nitrogen and oxygen atoms in total. The summed E-state index contributed by atoms with van der Waals surface area (Å²) in [6.45, 7) is 6.51. The topological polar surface area (TPSA) is 90.9 Å². The number of amides is 2. The molecule has 3 aromatic carbocycles. The van der Waals surface area contributed by atoms with E-state index in [1.54, 1.807) is 7.11 Å². The molecule has 3 rings (SSSR count). The Kier molecular flexibility index (Phi) is 12.9. The lowest BCUT2D eigenvalue weighted by Crippen LogP contribution is -2.48. The Balaban J connectivity index is 1.63. The molecule has 0 fully saturated rings. The second-order valence-electron chi connectivity index (χ2n) is 10.3. The van der Waals surface area contributed by atoms with Crippen molar-refractivity contribution >= 4 is 22.6 Å². The lowest BCUT2D eigenvalue weighted by molar-refractivity contribution is -0.131. The van der Waals surface area contributed by atoms with Crippen LogP contribution in [0, 0.1) is 0 Å². The highest BCUT2D eigenvalue weighted by atomic mass is 16.5. The average molecular weight is 548 g/mol. The summed E-state index contributed by atoms with van der Waals surface area (Å²) in [7, 11) is 1.64. The predicted molar refractivity (Wildman–Crippen MR) is 161 cm³/mol. The van der Waals surface area contributed by atoms with Crippen LogP contribution in [0.3, 0.4) is 0 Å². The number of aliphatic hydroxyl groups is 1. The van der Waals surface area contributed by atoms with Gasteiger partial charge in [-0.15, -0.1) is 0 Å². The van der Waals surface area contributed by atoms with Gasteiger partial charge in [0.05, 0.1) is 19.3 Å². The van der Waals surface area contributed by atoms with Crippen molar-refractivity contribution in [2.24, 2.45) is 0 Å². The molecule has 7 heteroatoms. The van der Waals surface area contributed by atoms with E-state index in [1.807, 2.05) is 53.4 Å². The van der Waals surface area contributed by atoms with E-state index in [-0.39, 0.29) is 18.2 Å². The lowest BCUT2D eigenvalue weighted by Gasteiger charge is -2.26. The van der Waals surface area contributed by atoms with E-state index in [9.17, 15) is 14.7 Å². The van der Waals surface area contributed by atoms with Gasteiger partial charge in [0.1, 0.15) is 5.75 Å². The van der Waals surface area contributed by atoms with Gasteiger partial charge < -0.3 is 25.4 Å². The fourth-order valence-electron chi connectivity index (χ4n) is 5.02. The van der Waals surface area contributed by atoms with Gasteiger partial charge >= 0.3 is 0 Å². The number of hydrogen-bond donors (Lipinski definition) is 3. The van der Waals surface area contributed by atoms with E-state index in [0.29, 0.717) is 32.4 Å². The minimum atomic E-state index is -0.806. The van der Waals surface area contributed by atoms with Gasteiger partial charge in [0.25, 0.3) is 0 Å². The number of rotatable bonds is 17. The molecule has 0 spiro atoms. The number of ether oxygens (including phenoxy) is 1. The van der Waals surface area contributed by atoms with Crippen molar-refractivity contribution in [1.82, 2.24) is 15.5 Å². The number of nitrogens with zero attached hydrogens (tertiary/aromatic N) is 1. The van der Waals surface area contributed by atoms with E-state index in [0.717, 1.165) is 53.6 Å². The van der Waals surface area contributed by atoms with Gasteiger partial charge in [0.2, 0.25) is 11.8 Å². The molecule has 0 aliphatic heterocycles. The van der Waals surface area contributed by atoms with Crippen LogP contribution in [-0.4, -0.2) is 60.7 Å². The van der Waals surface area contributed by atoms with Crippen molar-refractivity contribution in [3.8, 4) is 5.75 Å². The number of nitrogens with one attached hydrogen (secondary N) is 2. The fourth-order valence-corrected chi connectivity index (χ4v) is 5.02. The first-order chi connectivity index (χ1) is 19.4. The molecule has 0 heterocycles. The molecule has 3 aromatic rings. The van der Waals surface area contributed by atoms with Crippen molar-refractivity contribution in [2.45, 2.75) is 71.1 Å². The highest BCUT2D eigenvalue weighted by Crippen LogP contribution is 2.21. The molecule has 2 amide bonds. The molecule has 0 radical (unpaired) electrons. The van der Waals surface area contributed by atoms with Crippen LogP contribution in [0.25, 0.3) is 10.8 Å². The zero-order valence-electron chi connectivity index (χ0n) is 24.2. The fraction of sp³-hybridized carbons (Fsp3) is 0.455. The van der Waals surface area contributed by atoms with Crippen LogP contribution in [0.4, 0.5) is 0 Å². The normalized spacial score (nSPS) is 12.6. The lowest BCUT2D eigenvalue weighted by atomic mass is 9.96. The highest BCUT2D eigenvalue weighted by molar-refractivity contribution is 5.86. The third-order valence-electron chi connectivity index (χ3n) is 7.08. The highest BCUT2D eigenvalue weighted by Gasteiger charge is 2.23. The third-order valence-corrected chi connectivity index (χ3v) is 7.08. The van der Waals surface area contributed by atoms with Crippen molar-refractivity contribution in [2.75, 3.05) is 26.7 Å². The summed E-state index contributed by atoms with van der Waals surface area (Å²) in [5, 5.41) is 19.8. The Morgan fingerprint density at radius 2 is 1.68 bits per heavy atom. The SMILES string of the molecule is CCCN(CCC)C(=O)CCCC(=O)N[C@@H](Cc1cccc2ccccc12)[C@H](O)CNCc1cccc(OC)c1. The minimum absolute atomic E-state index is 0.102. The molecular weight excluding hydrogens is 502 g/mol. The zero-order chi connectivity index (χ0) is 28.7. The van der Waals surface area contributed by atoms with Gasteiger partial charge in [-0.1, -0.05) is 68.4 Å². The summed E-state index contributed by atoms with van der Waals surface area (Å²) in [6.07, 6.45) is 2.62. The van der Waals surface area contributed by atoms with E-state index in [4.69, 9.17) is 4.74 Å². The van der Waals surface area contributed by atoms with Crippen molar-refractivity contribution in [3.63, 3.8) is 0 Å². The van der Waals surface area contributed by atoms with Crippen LogP contribution < -0.4 is 15.4 Å². The van der Waals surface area contributed by atoms with Crippen LogP contribution in [0.5, 0.6) is 5.75 Å². The van der Waals surface area contributed by atoms with E-state index in [2.05, 4.69) is 42.7 Å². The van der Waals surface area contributed by atoms with Gasteiger partial charge in [-0.05, 0) is 59.7 Å². The average Bonchev–Trinajstić information content (AvgIpc) is 2.97. The van der Waals surface area contributed by atoms with Crippen LogP contribution in [0.1, 0.15) is 57.1 Å². The van der Waals surface area contributed by atoms with Gasteiger partial charge in [0.15, 0.2) is 0 Å². The Bertz CT molecular complexity index is 1200. The first kappa shape index (κ1) is 31.1. The molecule has 216 valence electrons. The molecule has 0 saturated carbocycles. The number of fused-ring (bicyclic) bond motifs is 1. The molecule has 40 heavy (non-hydrogen) atoms. The second kappa shape index (κ2) is 16.6. The quantitative estimate of drug-likeness (QED) is 0.225. The molecule has 0 unspecified atom stereocenters. The molecule has 0 saturated heterocycles. The number of carbonyl (C=O) groups excluding carboxylic acids is 2. The van der Waals surface area contributed by atoms with E-state index >= 15 is 0 Å². The maximum atomic E-state index is 13.0. The minimum Gasteiger partial charge on any atom is -0.497 e. The third kappa shape index (κ3) is 9.65. The van der Waals surface area contributed by atoms with Gasteiger partial charge in [0, 0.05) is 39.0 Å². The number of benzene rings is 3. The molecule has 2 atom stereocenters. The number of hydrogen-bond acceptors (Lipinski definition) is 5. The van der Waals surface area contributed by atoms with Crippen molar-refractivity contribution in [3.05, 3.63) is 77.9 Å². The summed E-state index contributed by atoms with van der Waals surface area (Å²) >= 11 is 0. The Morgan fingerprint density at radius 1 is 0.950 bits per heavy atom. The van der Waals surface area contributed by atoms with Crippen LogP contribution in [0.2, 0.25) is 0 Å². The summed E-state index contributed by atoms with van der Waals surface area (Å²) in [6, 6.07) is 21.6. The standard InChI is InChI=1S/C33H45N3O4/c1-4-19-36(20-5-2)33(39)18-10-17-32(38)35-30(22-27-14-9-13-26-12-6-7-16-29(26)27)31(37)24-34-23-25-11-8-15-28(21-25)40-3/h6-9,11-16,21,30-31,34,37H,4-5,10,17-20,22-24H2,1-3H3,(H,35,38)/t30-,31+/m0/s1. The van der Waals surface area contributed by atoms with Crippen LogP contribution in [0.15, 0.2) is 66.7 Å². The molecular formula is C33H45N3O4. The van der Waals surface area contributed by atoms with E-state index < -0.39 is 12.1 Å². The number of aliphatic hydroxyl groups excluding tert-OH is 1.